The second-order valence-corrected chi connectivity index (χ2v) is 7.45. The molecule has 20 heavy (non-hydrogen) atoms. The van der Waals surface area contributed by atoms with Crippen LogP contribution in [-0.2, 0) is 22.6 Å². The van der Waals surface area contributed by atoms with Gasteiger partial charge in [0.1, 0.15) is 5.82 Å². The fourth-order valence-corrected chi connectivity index (χ4v) is 3.24. The summed E-state index contributed by atoms with van der Waals surface area (Å²) in [6, 6.07) is 5.04. The topological polar surface area (TPSA) is 78.0 Å². The van der Waals surface area contributed by atoms with E-state index in [1.165, 1.54) is 4.68 Å². The molecule has 1 aromatic heterocycles. The molecule has 0 spiro atoms. The zero-order valence-corrected chi connectivity index (χ0v) is 13.2. The van der Waals surface area contributed by atoms with Crippen molar-refractivity contribution in [3.63, 3.8) is 0 Å². The van der Waals surface area contributed by atoms with E-state index in [0.717, 1.165) is 6.26 Å². The Balaban J connectivity index is 2.73. The lowest BCUT2D eigenvalue weighted by Crippen LogP contribution is -2.03. The van der Waals surface area contributed by atoms with E-state index in [1.807, 2.05) is 0 Å². The number of nitrogen functional groups attached to an aromatic ring is 1. The maximum absolute atomic E-state index is 11.5. The van der Waals surface area contributed by atoms with Crippen LogP contribution in [0.1, 0.15) is 5.69 Å². The van der Waals surface area contributed by atoms with E-state index in [2.05, 4.69) is 5.10 Å². The minimum Gasteiger partial charge on any atom is -0.383 e. The van der Waals surface area contributed by atoms with Crippen molar-refractivity contribution < 1.29 is 8.42 Å². The van der Waals surface area contributed by atoms with Gasteiger partial charge in [0.05, 0.1) is 27.1 Å². The van der Waals surface area contributed by atoms with Crippen LogP contribution in [0.2, 0.25) is 10.0 Å². The fourth-order valence-electron chi connectivity index (χ4n) is 1.95. The van der Waals surface area contributed by atoms with E-state index in [9.17, 15) is 8.42 Å². The quantitative estimate of drug-likeness (QED) is 0.936. The Morgan fingerprint density at radius 1 is 1.25 bits per heavy atom. The molecule has 0 radical (unpaired) electrons. The van der Waals surface area contributed by atoms with Crippen LogP contribution in [0.4, 0.5) is 5.82 Å². The SMILES string of the molecule is Cn1nc(CS(C)(=O)=O)c(-c2c(Cl)cccc2Cl)c1N. The molecular weight excluding hydrogens is 321 g/mol. The van der Waals surface area contributed by atoms with Crippen molar-refractivity contribution in [1.29, 1.82) is 0 Å². The van der Waals surface area contributed by atoms with Gasteiger partial charge < -0.3 is 5.73 Å². The van der Waals surface area contributed by atoms with E-state index in [4.69, 9.17) is 28.9 Å². The third-order valence-electron chi connectivity index (χ3n) is 2.78. The Bertz CT molecular complexity index is 749. The highest BCUT2D eigenvalue weighted by molar-refractivity contribution is 7.89. The second-order valence-electron chi connectivity index (χ2n) is 4.50. The van der Waals surface area contributed by atoms with Crippen molar-refractivity contribution in [2.45, 2.75) is 5.75 Å². The number of aryl methyl sites for hydroxylation is 1. The van der Waals surface area contributed by atoms with Crippen molar-refractivity contribution in [2.75, 3.05) is 12.0 Å². The highest BCUT2D eigenvalue weighted by Gasteiger charge is 2.22. The predicted octanol–water partition coefficient (Wildman–Crippen LogP) is 2.52. The highest BCUT2D eigenvalue weighted by atomic mass is 35.5. The van der Waals surface area contributed by atoms with E-state index in [1.54, 1.807) is 25.2 Å². The molecule has 0 aliphatic carbocycles. The van der Waals surface area contributed by atoms with E-state index in [-0.39, 0.29) is 5.75 Å². The second kappa shape index (κ2) is 5.27. The van der Waals surface area contributed by atoms with Crippen LogP contribution in [0.3, 0.4) is 0 Å². The van der Waals surface area contributed by atoms with E-state index >= 15 is 0 Å². The summed E-state index contributed by atoms with van der Waals surface area (Å²) in [7, 11) is -1.62. The number of benzene rings is 1. The molecule has 0 atom stereocenters. The molecule has 0 aliphatic rings. The van der Waals surface area contributed by atoms with Gasteiger partial charge in [-0.15, -0.1) is 0 Å². The maximum Gasteiger partial charge on any atom is 0.153 e. The Morgan fingerprint density at radius 2 is 1.80 bits per heavy atom. The van der Waals surface area contributed by atoms with Gasteiger partial charge in [-0.1, -0.05) is 29.3 Å². The minimum absolute atomic E-state index is 0.227. The first-order valence-electron chi connectivity index (χ1n) is 5.64. The number of hydrogen-bond acceptors (Lipinski definition) is 4. The van der Waals surface area contributed by atoms with Crippen molar-refractivity contribution in [2.24, 2.45) is 7.05 Å². The van der Waals surface area contributed by atoms with Crippen molar-refractivity contribution in [3.8, 4) is 11.1 Å². The summed E-state index contributed by atoms with van der Waals surface area (Å²) < 4.78 is 24.4. The molecule has 0 aliphatic heterocycles. The zero-order chi connectivity index (χ0) is 15.1. The molecule has 0 bridgehead atoms. The van der Waals surface area contributed by atoms with Gasteiger partial charge in [0.2, 0.25) is 0 Å². The molecule has 1 heterocycles. The van der Waals surface area contributed by atoms with Crippen molar-refractivity contribution >= 4 is 38.9 Å². The number of hydrogen-bond donors (Lipinski definition) is 1. The largest absolute Gasteiger partial charge is 0.383 e. The standard InChI is InChI=1S/C12H13Cl2N3O2S/c1-17-12(15)11(9(16-17)6-20(2,18)19)10-7(13)4-3-5-8(10)14/h3-5H,6,15H2,1-2H3. The Morgan fingerprint density at radius 3 is 2.30 bits per heavy atom. The monoisotopic (exact) mass is 333 g/mol. The van der Waals surface area contributed by atoms with Crippen LogP contribution in [-0.4, -0.2) is 24.5 Å². The van der Waals surface area contributed by atoms with Gasteiger partial charge >= 0.3 is 0 Å². The van der Waals surface area contributed by atoms with Crippen LogP contribution in [0.25, 0.3) is 11.1 Å². The third-order valence-corrected chi connectivity index (χ3v) is 4.20. The first-order valence-corrected chi connectivity index (χ1v) is 8.46. The summed E-state index contributed by atoms with van der Waals surface area (Å²) >= 11 is 12.3. The first kappa shape index (κ1) is 15.2. The maximum atomic E-state index is 11.5. The smallest absolute Gasteiger partial charge is 0.153 e. The van der Waals surface area contributed by atoms with Crippen LogP contribution >= 0.6 is 23.2 Å². The lowest BCUT2D eigenvalue weighted by atomic mass is 10.1. The summed E-state index contributed by atoms with van der Waals surface area (Å²) in [6.45, 7) is 0. The van der Waals surface area contributed by atoms with Gasteiger partial charge in [0.25, 0.3) is 0 Å². The van der Waals surface area contributed by atoms with Gasteiger partial charge in [-0.05, 0) is 12.1 Å². The number of rotatable bonds is 3. The number of nitrogens with zero attached hydrogens (tertiary/aromatic N) is 2. The summed E-state index contributed by atoms with van der Waals surface area (Å²) in [4.78, 5) is 0. The Kier molecular flexibility index (Phi) is 4.00. The highest BCUT2D eigenvalue weighted by Crippen LogP contribution is 2.39. The molecule has 5 nitrogen and oxygen atoms in total. The average Bonchev–Trinajstić information content (AvgIpc) is 2.54. The summed E-state index contributed by atoms with van der Waals surface area (Å²) in [5.74, 6) is 0.0909. The lowest BCUT2D eigenvalue weighted by molar-refractivity contribution is 0.600. The van der Waals surface area contributed by atoms with Crippen LogP contribution in [0.15, 0.2) is 18.2 Å². The molecule has 0 saturated carbocycles. The van der Waals surface area contributed by atoms with Gasteiger partial charge in [-0.3, -0.25) is 4.68 Å². The number of aromatic nitrogens is 2. The average molecular weight is 334 g/mol. The molecule has 1 aromatic carbocycles. The molecule has 2 N–H and O–H groups in total. The lowest BCUT2D eigenvalue weighted by Gasteiger charge is -2.08. The van der Waals surface area contributed by atoms with Gasteiger partial charge in [0, 0.05) is 18.9 Å². The van der Waals surface area contributed by atoms with Crippen LogP contribution in [0, 0.1) is 0 Å². The first-order chi connectivity index (χ1) is 9.20. The van der Waals surface area contributed by atoms with E-state index < -0.39 is 9.84 Å². The van der Waals surface area contributed by atoms with E-state index in [0.29, 0.717) is 32.7 Å². The van der Waals surface area contributed by atoms with Gasteiger partial charge in [-0.25, -0.2) is 8.42 Å². The summed E-state index contributed by atoms with van der Waals surface area (Å²) in [5.41, 5.74) is 7.28. The van der Waals surface area contributed by atoms with Gasteiger partial charge in [-0.2, -0.15) is 5.10 Å². The molecule has 0 amide bonds. The molecule has 0 unspecified atom stereocenters. The zero-order valence-electron chi connectivity index (χ0n) is 10.9. The Hall–Kier alpha value is -1.24. The van der Waals surface area contributed by atoms with Gasteiger partial charge in [0.15, 0.2) is 9.84 Å². The summed E-state index contributed by atoms with van der Waals surface area (Å²) in [5, 5.41) is 4.94. The number of anilines is 1. The van der Waals surface area contributed by atoms with Crippen molar-refractivity contribution in [3.05, 3.63) is 33.9 Å². The molecule has 0 saturated heterocycles. The normalized spacial score (nSPS) is 11.8. The molecular formula is C12H13Cl2N3O2S. The van der Waals surface area contributed by atoms with Crippen molar-refractivity contribution in [1.82, 2.24) is 9.78 Å². The van der Waals surface area contributed by atoms with Crippen LogP contribution in [0.5, 0.6) is 0 Å². The molecule has 2 rings (SSSR count). The Labute approximate surface area is 127 Å². The molecule has 8 heteroatoms. The molecule has 0 fully saturated rings. The number of sulfone groups is 1. The third kappa shape index (κ3) is 2.92. The number of halogens is 2. The molecule has 2 aromatic rings. The van der Waals surface area contributed by atoms with Crippen LogP contribution < -0.4 is 5.73 Å². The minimum atomic E-state index is -3.25. The number of nitrogens with two attached hydrogens (primary N) is 1. The predicted molar refractivity (Wildman–Crippen MR) is 81.6 cm³/mol. The fraction of sp³-hybridized carbons (Fsp3) is 0.250. The molecule has 108 valence electrons. The summed E-state index contributed by atoms with van der Waals surface area (Å²) in [6.07, 6.45) is 1.13.